The molecule has 10 aromatic rings. The number of halogens is 1. The lowest BCUT2D eigenvalue weighted by molar-refractivity contribution is 0.669. The zero-order chi connectivity index (χ0) is 26.1. The molecular weight excluding hydrogens is 530 g/mol. The van der Waals surface area contributed by atoms with E-state index in [9.17, 15) is 0 Å². The van der Waals surface area contributed by atoms with Gasteiger partial charge in [0.15, 0.2) is 0 Å². The third-order valence-electron chi connectivity index (χ3n) is 8.58. The van der Waals surface area contributed by atoms with Gasteiger partial charge in [-0.2, -0.15) is 0 Å². The van der Waals surface area contributed by atoms with E-state index in [4.69, 9.17) is 16.0 Å². The van der Waals surface area contributed by atoms with Crippen LogP contribution in [0, 0.1) is 0 Å². The molecule has 0 unspecified atom stereocenters. The van der Waals surface area contributed by atoms with Crippen LogP contribution in [-0.2, 0) is 0 Å². The van der Waals surface area contributed by atoms with Crippen LogP contribution in [0.15, 0.2) is 114 Å². The number of benzene rings is 6. The minimum atomic E-state index is 0.721. The van der Waals surface area contributed by atoms with Crippen LogP contribution in [0.25, 0.3) is 91.3 Å². The molecule has 0 aliphatic rings. The molecule has 2 nitrogen and oxygen atoms in total. The lowest BCUT2D eigenvalue weighted by atomic mass is 9.95. The Balaban J connectivity index is 1.52. The molecule has 0 aliphatic heterocycles. The Morgan fingerprint density at radius 1 is 0.550 bits per heavy atom. The van der Waals surface area contributed by atoms with Gasteiger partial charge in [0, 0.05) is 41.7 Å². The monoisotopic (exact) mass is 547 g/mol. The molecule has 0 saturated carbocycles. The number of nitrogens with zero attached hydrogens (tertiary/aromatic N) is 1. The summed E-state index contributed by atoms with van der Waals surface area (Å²) in [4.78, 5) is 0. The van der Waals surface area contributed by atoms with E-state index in [1.807, 2.05) is 23.5 Å². The van der Waals surface area contributed by atoms with Gasteiger partial charge >= 0.3 is 0 Å². The van der Waals surface area contributed by atoms with Gasteiger partial charge in [0.2, 0.25) is 0 Å². The van der Waals surface area contributed by atoms with Gasteiger partial charge in [-0.15, -0.1) is 11.3 Å². The quantitative estimate of drug-likeness (QED) is 0.200. The van der Waals surface area contributed by atoms with E-state index in [1.54, 1.807) is 0 Å². The van der Waals surface area contributed by atoms with Crippen molar-refractivity contribution in [3.8, 4) is 11.1 Å². The van der Waals surface area contributed by atoms with Crippen molar-refractivity contribution in [2.45, 2.75) is 0 Å². The summed E-state index contributed by atoms with van der Waals surface area (Å²) in [6.07, 6.45) is 0. The number of furan rings is 1. The number of hydrogen-bond donors (Lipinski definition) is 0. The summed E-state index contributed by atoms with van der Waals surface area (Å²) in [5, 5.41) is 10.4. The molecule has 6 aromatic carbocycles. The van der Waals surface area contributed by atoms with Crippen molar-refractivity contribution in [1.29, 1.82) is 0 Å². The van der Waals surface area contributed by atoms with Crippen molar-refractivity contribution in [1.82, 2.24) is 4.40 Å². The normalized spacial score (nSPS) is 12.6. The molecule has 0 aliphatic carbocycles. The molecule has 186 valence electrons. The molecule has 0 bridgehead atoms. The molecule has 4 heterocycles. The fourth-order valence-corrected chi connectivity index (χ4v) is 8.39. The summed E-state index contributed by atoms with van der Waals surface area (Å²) >= 11 is 8.91. The highest BCUT2D eigenvalue weighted by Crippen LogP contribution is 2.47. The van der Waals surface area contributed by atoms with Crippen molar-refractivity contribution in [2.24, 2.45) is 0 Å². The molecule has 0 fully saturated rings. The van der Waals surface area contributed by atoms with Crippen molar-refractivity contribution >= 4 is 103 Å². The van der Waals surface area contributed by atoms with Crippen LogP contribution in [0.3, 0.4) is 0 Å². The second kappa shape index (κ2) is 7.33. The summed E-state index contributed by atoms with van der Waals surface area (Å²) in [5.74, 6) is 0. The predicted molar refractivity (Wildman–Crippen MR) is 172 cm³/mol. The lowest BCUT2D eigenvalue weighted by Gasteiger charge is -2.09. The van der Waals surface area contributed by atoms with Gasteiger partial charge in [-0.1, -0.05) is 72.3 Å². The zero-order valence-corrected chi connectivity index (χ0v) is 22.6. The van der Waals surface area contributed by atoms with E-state index in [-0.39, 0.29) is 0 Å². The number of hydrogen-bond acceptors (Lipinski definition) is 2. The summed E-state index contributed by atoms with van der Waals surface area (Å²) in [6, 6.07) is 39.2. The minimum absolute atomic E-state index is 0.721. The molecule has 4 heteroatoms. The van der Waals surface area contributed by atoms with E-state index in [0.29, 0.717) is 0 Å². The maximum Gasteiger partial charge on any atom is 0.137 e. The average Bonchev–Trinajstić information content (AvgIpc) is 3.63. The van der Waals surface area contributed by atoms with Gasteiger partial charge < -0.3 is 8.82 Å². The molecule has 0 spiro atoms. The first-order valence-corrected chi connectivity index (χ1v) is 14.6. The summed E-state index contributed by atoms with van der Waals surface area (Å²) in [5.41, 5.74) is 7.54. The van der Waals surface area contributed by atoms with Crippen LogP contribution in [-0.4, -0.2) is 4.40 Å². The van der Waals surface area contributed by atoms with E-state index < -0.39 is 0 Å². The Morgan fingerprint density at radius 3 is 2.20 bits per heavy atom. The van der Waals surface area contributed by atoms with E-state index in [0.717, 1.165) is 38.0 Å². The highest BCUT2D eigenvalue weighted by atomic mass is 35.5. The molecule has 0 radical (unpaired) electrons. The summed E-state index contributed by atoms with van der Waals surface area (Å²) in [7, 11) is 0. The first-order valence-electron chi connectivity index (χ1n) is 13.4. The van der Waals surface area contributed by atoms with Crippen LogP contribution in [0.5, 0.6) is 0 Å². The molecule has 0 N–H and O–H groups in total. The van der Waals surface area contributed by atoms with Crippen molar-refractivity contribution in [3.63, 3.8) is 0 Å². The lowest BCUT2D eigenvalue weighted by Crippen LogP contribution is -1.87. The van der Waals surface area contributed by atoms with Crippen LogP contribution in [0.1, 0.15) is 0 Å². The molecule has 0 atom stereocenters. The SMILES string of the molecule is Clc1ccc2oc3cccc4c5cc(-c6cccc7sc8ccccc8c67)cc6c7ccccc7n(c1c2c34)c56. The average molecular weight is 548 g/mol. The van der Waals surface area contributed by atoms with Gasteiger partial charge in [0.25, 0.3) is 0 Å². The van der Waals surface area contributed by atoms with Crippen molar-refractivity contribution < 1.29 is 4.42 Å². The fourth-order valence-electron chi connectivity index (χ4n) is 7.02. The first-order chi connectivity index (χ1) is 19.8. The van der Waals surface area contributed by atoms with Crippen molar-refractivity contribution in [3.05, 3.63) is 114 Å². The molecule has 40 heavy (non-hydrogen) atoms. The predicted octanol–water partition coefficient (Wildman–Crippen LogP) is 11.4. The smallest absolute Gasteiger partial charge is 0.137 e. The Bertz CT molecular complexity index is 2670. The number of fused-ring (bicyclic) bond motifs is 8. The maximum absolute atomic E-state index is 7.05. The number of para-hydroxylation sites is 1. The Kier molecular flexibility index (Phi) is 3.90. The van der Waals surface area contributed by atoms with Gasteiger partial charge in [-0.25, -0.2) is 0 Å². The Labute approximate surface area is 236 Å². The number of thiophene rings is 1. The third kappa shape index (κ3) is 2.51. The van der Waals surface area contributed by atoms with Gasteiger partial charge in [-0.05, 0) is 65.0 Å². The topological polar surface area (TPSA) is 17.6 Å². The molecule has 10 rings (SSSR count). The van der Waals surface area contributed by atoms with Crippen molar-refractivity contribution in [2.75, 3.05) is 0 Å². The number of aromatic nitrogens is 1. The second-order valence-electron chi connectivity index (χ2n) is 10.6. The van der Waals surface area contributed by atoms with Crippen LogP contribution in [0.2, 0.25) is 5.02 Å². The highest BCUT2D eigenvalue weighted by molar-refractivity contribution is 7.25. The Hall–Kier alpha value is -4.57. The highest BCUT2D eigenvalue weighted by Gasteiger charge is 2.23. The number of rotatable bonds is 1. The second-order valence-corrected chi connectivity index (χ2v) is 12.1. The molecule has 0 saturated heterocycles. The fraction of sp³-hybridized carbons (Fsp3) is 0. The summed E-state index contributed by atoms with van der Waals surface area (Å²) < 4.78 is 11.4. The maximum atomic E-state index is 7.05. The van der Waals surface area contributed by atoms with Crippen LogP contribution < -0.4 is 0 Å². The van der Waals surface area contributed by atoms with E-state index in [1.165, 1.54) is 58.4 Å². The minimum Gasteiger partial charge on any atom is -0.456 e. The van der Waals surface area contributed by atoms with Crippen LogP contribution in [0.4, 0.5) is 0 Å². The van der Waals surface area contributed by atoms with Gasteiger partial charge in [-0.3, -0.25) is 0 Å². The third-order valence-corrected chi connectivity index (χ3v) is 10.0. The Morgan fingerprint density at radius 2 is 1.27 bits per heavy atom. The summed E-state index contributed by atoms with van der Waals surface area (Å²) in [6.45, 7) is 0. The molecule has 4 aromatic heterocycles. The van der Waals surface area contributed by atoms with E-state index in [2.05, 4.69) is 101 Å². The molecular formula is C36H18ClNOS. The molecule has 0 amide bonds. The first kappa shape index (κ1) is 21.3. The van der Waals surface area contributed by atoms with Gasteiger partial charge in [0.1, 0.15) is 11.2 Å². The van der Waals surface area contributed by atoms with E-state index >= 15 is 0 Å². The largest absolute Gasteiger partial charge is 0.456 e. The zero-order valence-electron chi connectivity index (χ0n) is 21.0. The van der Waals surface area contributed by atoms with Gasteiger partial charge in [0.05, 0.1) is 27.0 Å². The van der Waals surface area contributed by atoms with Crippen LogP contribution >= 0.6 is 22.9 Å². The standard InChI is InChI=1S/C36H18ClNOS/c37-26-15-16-29-34-33-22(10-5-12-28(33)39-29)25-18-19(17-24-21-7-1-3-11-27(21)38(35(24)25)36(26)34)20-9-6-14-31-32(20)23-8-2-4-13-30(23)40-31/h1-18H.